The minimum atomic E-state index is -1.54. The molecule has 16 amide bonds. The van der Waals surface area contributed by atoms with Crippen molar-refractivity contribution >= 4 is 207 Å². The summed E-state index contributed by atoms with van der Waals surface area (Å²) in [5.74, 6) is -14.6. The van der Waals surface area contributed by atoms with Crippen LogP contribution < -0.4 is 85.1 Å². The molecule has 44 nitrogen and oxygen atoms in total. The lowest BCUT2D eigenvalue weighted by atomic mass is 10.0. The summed E-state index contributed by atoms with van der Waals surface area (Å²) in [6.45, 7) is 33.9. The molecule has 4 saturated heterocycles. The summed E-state index contributed by atoms with van der Waals surface area (Å²) in [7, 11) is -0.833. The Labute approximate surface area is 888 Å². The van der Waals surface area contributed by atoms with E-state index in [0.29, 0.717) is 48.7 Å². The first-order valence-electron chi connectivity index (χ1n) is 48.7. The Balaban J connectivity index is 0.000000347. The lowest BCUT2D eigenvalue weighted by molar-refractivity contribution is -0.154. The molecule has 824 valence electrons. The Morgan fingerprint density at radius 1 is 0.318 bits per heavy atom. The van der Waals surface area contributed by atoms with Crippen molar-refractivity contribution in [2.45, 2.75) is 287 Å². The topological polar surface area (TPSA) is 649 Å². The summed E-state index contributed by atoms with van der Waals surface area (Å²) < 4.78 is 66.9. The monoisotopic (exact) mass is 2230 g/mol. The Kier molecular flexibility index (Phi) is 55.7. The molecule has 0 radical (unpaired) electrons. The van der Waals surface area contributed by atoms with Crippen LogP contribution in [0.25, 0.3) is 0 Å². The Hall–Kier alpha value is -10.3. The molecular formula is C96H146N16O28S8+2. The average molecular weight is 2230 g/mol. The fraction of sp³-hybridized carbons (Fsp3) is 0.615. The molecule has 8 aliphatic rings. The molecule has 0 spiro atoms. The first-order chi connectivity index (χ1) is 69.7. The lowest BCUT2D eigenvalue weighted by Gasteiger charge is -2.27. The van der Waals surface area contributed by atoms with Crippen LogP contribution in [-0.2, 0) is 145 Å². The van der Waals surface area contributed by atoms with Gasteiger partial charge in [-0.3, -0.25) is 76.7 Å². The van der Waals surface area contributed by atoms with Gasteiger partial charge in [0, 0.05) is 28.4 Å². The second-order valence-corrected chi connectivity index (χ2v) is 51.2. The first-order valence-corrected chi connectivity index (χ1v) is 60.0. The molecule has 0 aromatic rings. The Morgan fingerprint density at radius 2 is 0.561 bits per heavy atom. The van der Waals surface area contributed by atoms with E-state index in [9.17, 15) is 114 Å². The molecule has 0 saturated carbocycles. The van der Waals surface area contributed by atoms with E-state index in [4.69, 9.17) is 18.9 Å². The molecule has 0 aliphatic carbocycles. The van der Waals surface area contributed by atoms with Crippen molar-refractivity contribution in [1.82, 2.24) is 85.1 Å². The van der Waals surface area contributed by atoms with Gasteiger partial charge in [-0.2, -0.15) is 9.11 Å². The van der Waals surface area contributed by atoms with Crippen LogP contribution in [0, 0.1) is 47.3 Å². The number of hydrogen-bond donors (Lipinski definition) is 19. The highest BCUT2D eigenvalue weighted by molar-refractivity contribution is 8.81. The highest BCUT2D eigenvalue weighted by Gasteiger charge is 2.44. The smallest absolute Gasteiger partial charge is 0.329 e. The van der Waals surface area contributed by atoms with Gasteiger partial charge in [-0.1, -0.05) is 181 Å². The standard InChI is InChI=1S/4C24H36N4O7S2/c4*1-6-16-21(30)28-20(14(4)5)24(33)35-15-9-7-8-10-36-37(34)12-17(22(31)25-16)26-23(32)19(13(2)3)27-18(29)11-15/h6-7,9,13-15,17,19-20H,8,10-12H2,1-5H3,(H,25,31)(H,26,32)(H,27,29)(H,28,30);2*6-7,9,13-15,17,19-20,34H,8,10-12H2,1-5H3,(H3-,25,26,27,28,29,30,31,32);6-7,9,12-15,17,19-20,34H,8,10-11H2,1-5H3,(H,25,31)(H,26,32)(H,27,29)(H,28,30)/p+2/b4*9-7+,16-6-/t4*15-,17-,19-,20+,37?/m1111/s1. The molecule has 0 aromatic heterocycles. The summed E-state index contributed by atoms with van der Waals surface area (Å²) in [6.07, 6.45) is 16.0. The number of hydrogen-bond acceptors (Lipinski definition) is 32. The zero-order valence-electron chi connectivity index (χ0n) is 86.8. The number of ether oxygens (including phenoxy) is 4. The van der Waals surface area contributed by atoms with Crippen LogP contribution in [0.4, 0.5) is 0 Å². The minimum absolute atomic E-state index is 0.0951. The number of carbonyl (C=O) groups excluding carboxylic acids is 20. The van der Waals surface area contributed by atoms with E-state index in [0.717, 1.165) is 21.6 Å². The number of fused-ring (bicyclic) bond motifs is 28. The predicted octanol–water partition coefficient (Wildman–Crippen LogP) is 3.26. The van der Waals surface area contributed by atoms with Gasteiger partial charge in [0.05, 0.1) is 41.3 Å². The third-order valence-corrected chi connectivity index (χ3v) is 34.4. The van der Waals surface area contributed by atoms with Gasteiger partial charge in [0.1, 0.15) is 129 Å². The molecule has 8 heterocycles. The maximum absolute atomic E-state index is 13.2. The maximum Gasteiger partial charge on any atom is 0.329 e. The maximum atomic E-state index is 13.2. The van der Waals surface area contributed by atoms with Crippen molar-refractivity contribution < 1.29 is 133 Å². The fourth-order valence-electron chi connectivity index (χ4n) is 14.3. The van der Waals surface area contributed by atoms with Crippen LogP contribution in [0.3, 0.4) is 0 Å². The van der Waals surface area contributed by atoms with Gasteiger partial charge in [-0.15, -0.1) is 0 Å². The lowest BCUT2D eigenvalue weighted by Crippen LogP contribution is -2.58. The summed E-state index contributed by atoms with van der Waals surface area (Å²) >= 11 is 0. The largest absolute Gasteiger partial charge is 0.456 e. The van der Waals surface area contributed by atoms with E-state index in [-0.39, 0.29) is 113 Å². The van der Waals surface area contributed by atoms with Crippen molar-refractivity contribution in [1.29, 1.82) is 0 Å². The highest BCUT2D eigenvalue weighted by Crippen LogP contribution is 2.29. The van der Waals surface area contributed by atoms with Crippen LogP contribution in [0.1, 0.15) is 190 Å². The van der Waals surface area contributed by atoms with E-state index in [2.05, 4.69) is 85.1 Å². The second kappa shape index (κ2) is 64.4. The molecular weight excluding hydrogens is 2080 g/mol. The molecule has 4 fully saturated rings. The summed E-state index contributed by atoms with van der Waals surface area (Å²) in [5, 5.41) is 42.8. The highest BCUT2D eigenvalue weighted by atomic mass is 33.1. The number of esters is 4. The van der Waals surface area contributed by atoms with Gasteiger partial charge in [0.25, 0.3) is 41.4 Å². The van der Waals surface area contributed by atoms with Gasteiger partial charge in [-0.25, -0.2) is 23.4 Å². The van der Waals surface area contributed by atoms with Gasteiger partial charge >= 0.3 is 23.9 Å². The zero-order chi connectivity index (χ0) is 111. The zero-order valence-corrected chi connectivity index (χ0v) is 93.3. The molecule has 19 N–H and O–H groups in total. The molecule has 8 bridgehead atoms. The second-order valence-electron chi connectivity index (χ2n) is 37.6. The minimum Gasteiger partial charge on any atom is -0.456 e. The third-order valence-electron chi connectivity index (χ3n) is 22.7. The van der Waals surface area contributed by atoms with Gasteiger partial charge in [0.15, 0.2) is 23.6 Å². The Morgan fingerprint density at radius 3 is 0.831 bits per heavy atom. The average Bonchev–Trinajstić information content (AvgIpc) is 1.09. The SMILES string of the molecule is C/C=C1\NC(=O)[C@H]2/C=S(/O)SCC/C=C/[C@H](CC(=O)N[C@H](C(C)C)C(=O)N2)OC(=O)[C@H](C(C)C)NC1=O.C/C=C1\NC(=O)[C@H]2CS(=O)SCC/C=C/[C@H](CC(=O)N[C@H](C(C)C)C(=O)N2)OC(=O)[C@H](C(C)C)NC1=O.C/C=C1\NC(=O)[C@H]2C[S+](O)SCC/C=C/[C@H](CC(=O)N[C@H](C(C)C)C(=O)N2)OC(=O)[C@H](C(C)C)NC1=O.C/C=C1\NC(=O)[C@H]2C[S+](O)SCC/C=C/[C@H](CC(=O)N[C@H](C(C)C)C(=O)N2)OC(=O)[C@H](C(C)C)NC1=O. The van der Waals surface area contributed by atoms with Crippen LogP contribution in [0.5, 0.6) is 0 Å². The van der Waals surface area contributed by atoms with Crippen LogP contribution in [-0.4, -0.2) is 279 Å². The molecule has 8 rings (SSSR count). The van der Waals surface area contributed by atoms with Gasteiger partial charge < -0.3 is 109 Å². The molecule has 148 heavy (non-hydrogen) atoms. The summed E-state index contributed by atoms with van der Waals surface area (Å²) in [6, 6.07) is -13.1. The van der Waals surface area contributed by atoms with Gasteiger partial charge in [0.2, 0.25) is 73.6 Å². The number of amides is 16. The number of carbonyl (C=O) groups is 20. The van der Waals surface area contributed by atoms with E-state index in [1.807, 2.05) is 0 Å². The van der Waals surface area contributed by atoms with E-state index in [1.54, 1.807) is 173 Å². The molecule has 8 aliphatic heterocycles. The van der Waals surface area contributed by atoms with Crippen LogP contribution >= 0.6 is 53.0 Å². The molecule has 0 aromatic carbocycles. The normalized spacial score (nSPS) is 31.2. The van der Waals surface area contributed by atoms with Crippen molar-refractivity contribution in [3.8, 4) is 0 Å². The summed E-state index contributed by atoms with van der Waals surface area (Å²) in [4.78, 5) is 261. The quantitative estimate of drug-likeness (QED) is 0.0315. The number of nitrogens with one attached hydrogen (secondary N) is 16. The molecule has 4 unspecified atom stereocenters. The summed E-state index contributed by atoms with van der Waals surface area (Å²) in [5.41, 5.74) is -0.504. The van der Waals surface area contributed by atoms with Gasteiger partial charge in [-0.05, 0) is 135 Å². The fourth-order valence-corrected chi connectivity index (χ4v) is 24.4. The Bertz CT molecular complexity index is 4910. The first kappa shape index (κ1) is 128. The third kappa shape index (κ3) is 43.6. The van der Waals surface area contributed by atoms with Crippen molar-refractivity contribution in [3.63, 3.8) is 0 Å². The van der Waals surface area contributed by atoms with Crippen molar-refractivity contribution in [2.75, 3.05) is 40.3 Å². The van der Waals surface area contributed by atoms with E-state index >= 15 is 0 Å². The molecule has 52 heteroatoms. The van der Waals surface area contributed by atoms with Crippen molar-refractivity contribution in [2.24, 2.45) is 47.3 Å². The van der Waals surface area contributed by atoms with E-state index in [1.165, 1.54) is 65.1 Å². The van der Waals surface area contributed by atoms with Crippen molar-refractivity contribution in [3.05, 3.63) is 95.7 Å². The number of rotatable bonds is 8. The number of allylic oxidation sites excluding steroid dienone is 8. The van der Waals surface area contributed by atoms with Crippen LogP contribution in [0.15, 0.2) is 95.7 Å². The van der Waals surface area contributed by atoms with E-state index < -0.39 is 255 Å². The molecule has 20 atom stereocenters. The predicted molar refractivity (Wildman–Crippen MR) is 571 cm³/mol. The van der Waals surface area contributed by atoms with Crippen LogP contribution in [0.2, 0.25) is 0 Å².